The summed E-state index contributed by atoms with van der Waals surface area (Å²) in [6.07, 6.45) is 4.41. The summed E-state index contributed by atoms with van der Waals surface area (Å²) >= 11 is 0. The number of aromatic amines is 1. The summed E-state index contributed by atoms with van der Waals surface area (Å²) in [7, 11) is 0. The molecule has 3 amide bonds. The first-order valence-corrected chi connectivity index (χ1v) is 12.4. The molecule has 0 radical (unpaired) electrons. The number of pyridine rings is 1. The van der Waals surface area contributed by atoms with Gasteiger partial charge in [0.05, 0.1) is 5.69 Å². The van der Waals surface area contributed by atoms with E-state index in [1.807, 2.05) is 6.07 Å². The van der Waals surface area contributed by atoms with E-state index < -0.39 is 23.0 Å². The maximum atomic E-state index is 13.6. The van der Waals surface area contributed by atoms with Crippen molar-refractivity contribution in [2.45, 2.75) is 31.7 Å². The Morgan fingerprint density at radius 3 is 2.26 bits per heavy atom. The number of hydrogen-bond donors (Lipinski definition) is 4. The van der Waals surface area contributed by atoms with Gasteiger partial charge in [0.15, 0.2) is 0 Å². The molecule has 2 aromatic carbocycles. The van der Waals surface area contributed by atoms with E-state index in [1.165, 1.54) is 29.2 Å². The summed E-state index contributed by atoms with van der Waals surface area (Å²) in [5.41, 5.74) is 7.78. The number of benzene rings is 2. The Bertz CT molecular complexity index is 1560. The van der Waals surface area contributed by atoms with E-state index in [2.05, 4.69) is 20.6 Å². The van der Waals surface area contributed by atoms with E-state index in [1.54, 1.807) is 36.5 Å². The predicted octanol–water partition coefficient (Wildman–Crippen LogP) is 4.27. The van der Waals surface area contributed by atoms with Gasteiger partial charge in [-0.3, -0.25) is 19.3 Å². The number of primary amides is 1. The van der Waals surface area contributed by atoms with Gasteiger partial charge in [-0.25, -0.2) is 9.37 Å². The number of anilines is 4. The molecule has 2 fully saturated rings. The average molecular weight is 513 g/mol. The molecule has 0 atom stereocenters. The lowest BCUT2D eigenvalue weighted by Crippen LogP contribution is -2.41. The summed E-state index contributed by atoms with van der Waals surface area (Å²) in [6, 6.07) is 16.4. The fourth-order valence-corrected chi connectivity index (χ4v) is 4.48. The van der Waals surface area contributed by atoms with Crippen molar-refractivity contribution >= 4 is 51.5 Å². The minimum atomic E-state index is -1.24. The van der Waals surface area contributed by atoms with Gasteiger partial charge in [-0.15, -0.1) is 0 Å². The molecule has 5 N–H and O–H groups in total. The van der Waals surface area contributed by atoms with Crippen LogP contribution in [-0.2, 0) is 9.59 Å². The number of hydrogen-bond acceptors (Lipinski definition) is 5. The van der Waals surface area contributed by atoms with Crippen LogP contribution >= 0.6 is 0 Å². The van der Waals surface area contributed by atoms with Crippen LogP contribution in [0.2, 0.25) is 0 Å². The van der Waals surface area contributed by atoms with Crippen molar-refractivity contribution in [3.05, 3.63) is 78.4 Å². The molecule has 2 aliphatic carbocycles. The molecular weight excluding hydrogens is 487 g/mol. The first-order chi connectivity index (χ1) is 18.3. The smallest absolute Gasteiger partial charge is 0.267 e. The second-order valence-electron chi connectivity index (χ2n) is 9.79. The molecule has 0 spiro atoms. The number of carbonyl (C=O) groups is 3. The number of carbonyl (C=O) groups excluding carboxylic acids is 3. The molecule has 192 valence electrons. The summed E-state index contributed by atoms with van der Waals surface area (Å²) in [6.45, 7) is 0. The summed E-state index contributed by atoms with van der Waals surface area (Å²) in [5.74, 6) is -1.68. The number of fused-ring (bicyclic) bond motifs is 1. The predicted molar refractivity (Wildman–Crippen MR) is 141 cm³/mol. The molecule has 2 aromatic heterocycles. The van der Waals surface area contributed by atoms with Crippen LogP contribution in [0.5, 0.6) is 0 Å². The van der Waals surface area contributed by atoms with Crippen molar-refractivity contribution in [3.63, 3.8) is 0 Å². The van der Waals surface area contributed by atoms with Gasteiger partial charge in [-0.1, -0.05) is 0 Å². The van der Waals surface area contributed by atoms with Crippen LogP contribution in [0.3, 0.4) is 0 Å². The Morgan fingerprint density at radius 1 is 1.00 bits per heavy atom. The van der Waals surface area contributed by atoms with E-state index in [0.29, 0.717) is 35.6 Å². The highest BCUT2D eigenvalue weighted by molar-refractivity contribution is 6.16. The van der Waals surface area contributed by atoms with Crippen molar-refractivity contribution in [2.75, 3.05) is 10.2 Å². The van der Waals surface area contributed by atoms with Crippen molar-refractivity contribution in [3.8, 4) is 0 Å². The van der Waals surface area contributed by atoms with Crippen LogP contribution in [0.15, 0.2) is 66.9 Å². The van der Waals surface area contributed by atoms with Gasteiger partial charge in [0.25, 0.3) is 5.91 Å². The summed E-state index contributed by atoms with van der Waals surface area (Å²) in [4.78, 5) is 46.8. The van der Waals surface area contributed by atoms with Gasteiger partial charge >= 0.3 is 0 Å². The van der Waals surface area contributed by atoms with Crippen molar-refractivity contribution in [1.29, 1.82) is 0 Å². The first kappa shape index (κ1) is 23.7. The molecule has 0 unspecified atom stereocenters. The van der Waals surface area contributed by atoms with Crippen LogP contribution < -0.4 is 21.3 Å². The number of H-pyrrole nitrogens is 1. The summed E-state index contributed by atoms with van der Waals surface area (Å²) < 4.78 is 13.6. The fourth-order valence-electron chi connectivity index (χ4n) is 4.48. The van der Waals surface area contributed by atoms with Crippen molar-refractivity contribution in [1.82, 2.24) is 15.3 Å². The number of rotatable bonds is 8. The Labute approximate surface area is 217 Å². The Kier molecular flexibility index (Phi) is 5.59. The lowest BCUT2D eigenvalue weighted by atomic mass is 10.0. The summed E-state index contributed by atoms with van der Waals surface area (Å²) in [5, 5.41) is 7.06. The molecule has 6 rings (SSSR count). The molecule has 2 saturated carbocycles. The Balaban J connectivity index is 1.28. The zero-order valence-corrected chi connectivity index (χ0v) is 20.3. The molecular formula is C28H25FN6O3. The normalized spacial score (nSPS) is 15.6. The topological polar surface area (TPSA) is 133 Å². The number of nitrogens with one attached hydrogen (secondary N) is 3. The maximum absolute atomic E-state index is 13.6. The van der Waals surface area contributed by atoms with Crippen LogP contribution in [0, 0.1) is 11.2 Å². The van der Waals surface area contributed by atoms with Crippen LogP contribution in [-0.4, -0.2) is 33.7 Å². The van der Waals surface area contributed by atoms with Gasteiger partial charge in [0, 0.05) is 34.7 Å². The second-order valence-corrected chi connectivity index (χ2v) is 9.79. The van der Waals surface area contributed by atoms with Gasteiger partial charge in [-0.2, -0.15) is 0 Å². The zero-order chi connectivity index (χ0) is 26.4. The van der Waals surface area contributed by atoms with Gasteiger partial charge < -0.3 is 21.4 Å². The monoisotopic (exact) mass is 512 g/mol. The number of nitrogens with two attached hydrogens (primary N) is 1. The molecule has 9 nitrogen and oxygen atoms in total. The Morgan fingerprint density at radius 2 is 1.66 bits per heavy atom. The van der Waals surface area contributed by atoms with E-state index in [0.717, 1.165) is 29.6 Å². The molecule has 10 heteroatoms. The van der Waals surface area contributed by atoms with E-state index in [9.17, 15) is 18.8 Å². The quantitative estimate of drug-likeness (QED) is 0.262. The number of amides is 3. The number of aromatic nitrogens is 2. The first-order valence-electron chi connectivity index (χ1n) is 12.4. The maximum Gasteiger partial charge on any atom is 0.267 e. The number of nitrogens with zero attached hydrogens (tertiary/aromatic N) is 2. The molecule has 2 heterocycles. The zero-order valence-electron chi connectivity index (χ0n) is 20.3. The van der Waals surface area contributed by atoms with Gasteiger partial charge in [-0.05, 0) is 86.3 Å². The van der Waals surface area contributed by atoms with E-state index >= 15 is 0 Å². The third kappa shape index (κ3) is 4.34. The SMILES string of the molecule is NC(=O)C1(C(=O)N(c2ccc(F)cc2)c2ccc(Nc3ccnc4[nH]c(C(=O)NC5CC5)cc34)cc2)CC1. The minimum absolute atomic E-state index is 0.157. The molecule has 2 aliphatic rings. The van der Waals surface area contributed by atoms with Crippen LogP contribution in [0.1, 0.15) is 36.2 Å². The van der Waals surface area contributed by atoms with Gasteiger partial charge in [0.2, 0.25) is 11.8 Å². The average Bonchev–Trinajstić information content (AvgIpc) is 3.84. The lowest BCUT2D eigenvalue weighted by Gasteiger charge is -2.26. The van der Waals surface area contributed by atoms with Crippen LogP contribution in [0.25, 0.3) is 11.0 Å². The fraction of sp³-hybridized carbons (Fsp3) is 0.214. The standard InChI is InChI=1S/C28H25FN6O3/c29-16-1-7-19(8-2-16)35(27(38)28(12-13-28)26(30)37)20-9-5-17(6-10-20)32-22-11-14-31-24-21(22)15-23(34-24)25(36)33-18-3-4-18/h1-2,5-11,14-15,18H,3-4,12-13H2,(H2,30,37)(H,33,36)(H2,31,32,34). The third-order valence-corrected chi connectivity index (χ3v) is 7.01. The minimum Gasteiger partial charge on any atom is -0.369 e. The molecule has 0 saturated heterocycles. The highest BCUT2D eigenvalue weighted by atomic mass is 19.1. The molecule has 4 aromatic rings. The molecule has 0 bridgehead atoms. The second kappa shape index (κ2) is 8.98. The lowest BCUT2D eigenvalue weighted by molar-refractivity contribution is -0.133. The van der Waals surface area contributed by atoms with E-state index in [4.69, 9.17) is 5.73 Å². The Hall–Kier alpha value is -4.73. The highest BCUT2D eigenvalue weighted by Crippen LogP contribution is 2.49. The molecule has 38 heavy (non-hydrogen) atoms. The molecule has 0 aliphatic heterocycles. The van der Waals surface area contributed by atoms with Crippen molar-refractivity contribution in [2.24, 2.45) is 11.1 Å². The van der Waals surface area contributed by atoms with Gasteiger partial charge in [0.1, 0.15) is 22.6 Å². The van der Waals surface area contributed by atoms with Crippen molar-refractivity contribution < 1.29 is 18.8 Å². The van der Waals surface area contributed by atoms with Crippen LogP contribution in [0.4, 0.5) is 27.1 Å². The number of halogens is 1. The third-order valence-electron chi connectivity index (χ3n) is 7.01. The highest BCUT2D eigenvalue weighted by Gasteiger charge is 2.57. The van der Waals surface area contributed by atoms with E-state index in [-0.39, 0.29) is 11.9 Å². The largest absolute Gasteiger partial charge is 0.369 e.